The van der Waals surface area contributed by atoms with Crippen LogP contribution in [0.5, 0.6) is 5.75 Å². The van der Waals surface area contributed by atoms with Crippen molar-refractivity contribution in [2.75, 3.05) is 5.32 Å². The minimum atomic E-state index is -0.451. The molecule has 3 aromatic rings. The van der Waals surface area contributed by atoms with Crippen LogP contribution in [0.4, 0.5) is 5.13 Å². The summed E-state index contributed by atoms with van der Waals surface area (Å²) in [5.74, 6) is -0.293. The second-order valence-electron chi connectivity index (χ2n) is 4.70. The fourth-order valence-corrected chi connectivity index (χ4v) is 3.59. The molecule has 24 heavy (non-hydrogen) atoms. The van der Waals surface area contributed by atoms with Crippen LogP contribution in [-0.2, 0) is 0 Å². The van der Waals surface area contributed by atoms with Crippen LogP contribution in [0.3, 0.4) is 0 Å². The Bertz CT molecular complexity index is 959. The molecule has 0 spiro atoms. The number of aromatic hydroxyl groups is 1. The zero-order valence-electron chi connectivity index (χ0n) is 11.8. The summed E-state index contributed by atoms with van der Waals surface area (Å²) in [5, 5.41) is 16.1. The van der Waals surface area contributed by atoms with Gasteiger partial charge in [0.05, 0.1) is 20.8 Å². The maximum atomic E-state index is 12.2. The summed E-state index contributed by atoms with van der Waals surface area (Å²) in [7, 11) is 0. The lowest BCUT2D eigenvalue weighted by atomic mass is 10.2. The van der Waals surface area contributed by atoms with E-state index in [2.05, 4.69) is 15.6 Å². The van der Waals surface area contributed by atoms with E-state index in [0.29, 0.717) is 10.2 Å². The van der Waals surface area contributed by atoms with E-state index in [-0.39, 0.29) is 21.4 Å². The molecule has 0 saturated heterocycles. The first-order valence-corrected chi connectivity index (χ1v) is 8.57. The van der Waals surface area contributed by atoms with Gasteiger partial charge in [-0.25, -0.2) is 4.98 Å². The molecule has 0 aliphatic carbocycles. The van der Waals surface area contributed by atoms with E-state index in [1.54, 1.807) is 24.3 Å². The number of aromatic nitrogens is 1. The molecular weight excluding hydrogens is 389 g/mol. The second-order valence-corrected chi connectivity index (χ2v) is 6.99. The van der Waals surface area contributed by atoms with Crippen LogP contribution in [0.2, 0.25) is 10.0 Å². The predicted octanol–water partition coefficient (Wildman–Crippen LogP) is 4.44. The van der Waals surface area contributed by atoms with Crippen molar-refractivity contribution in [3.05, 3.63) is 52.0 Å². The molecule has 0 bridgehead atoms. The number of nitrogens with one attached hydrogen (secondary N) is 2. The molecule has 9 heteroatoms. The summed E-state index contributed by atoms with van der Waals surface area (Å²) in [5.41, 5.74) is 0.981. The van der Waals surface area contributed by atoms with Gasteiger partial charge in [-0.1, -0.05) is 34.5 Å². The smallest absolute Gasteiger partial charge is 0.258 e. The van der Waals surface area contributed by atoms with Crippen LogP contribution in [0.1, 0.15) is 10.4 Å². The van der Waals surface area contributed by atoms with E-state index in [4.69, 9.17) is 35.4 Å². The number of amides is 1. The lowest BCUT2D eigenvalue weighted by Crippen LogP contribution is -2.34. The van der Waals surface area contributed by atoms with Crippen molar-refractivity contribution >= 4 is 73.1 Å². The Hall–Kier alpha value is -1.93. The maximum absolute atomic E-state index is 12.2. The number of carbonyl (C=O) groups is 1. The fourth-order valence-electron chi connectivity index (χ4n) is 1.94. The zero-order valence-corrected chi connectivity index (χ0v) is 15.0. The third-order valence-electron chi connectivity index (χ3n) is 3.00. The number of phenolic OH excluding ortho intramolecular Hbond substituents is 1. The third kappa shape index (κ3) is 3.76. The Morgan fingerprint density at radius 1 is 1.21 bits per heavy atom. The standard InChI is InChI=1S/C15H9Cl2N3O2S2/c16-7-1-3-9(10(17)5-7)13(22)19-14(23)20-15-18-11-4-2-8(21)6-12(11)24-15/h1-6,21H,(H2,18,19,20,22,23). The van der Waals surface area contributed by atoms with E-state index in [1.165, 1.54) is 23.5 Å². The highest BCUT2D eigenvalue weighted by Gasteiger charge is 2.13. The number of hydrogen-bond acceptors (Lipinski definition) is 5. The fraction of sp³-hybridized carbons (Fsp3) is 0. The molecule has 3 N–H and O–H groups in total. The number of halogens is 2. The molecule has 5 nitrogen and oxygen atoms in total. The number of carbonyl (C=O) groups excluding carboxylic acids is 1. The Labute approximate surface area is 156 Å². The van der Waals surface area contributed by atoms with Crippen LogP contribution in [0, 0.1) is 0 Å². The lowest BCUT2D eigenvalue weighted by molar-refractivity contribution is 0.0978. The molecule has 0 saturated carbocycles. The van der Waals surface area contributed by atoms with Crippen molar-refractivity contribution < 1.29 is 9.90 Å². The summed E-state index contributed by atoms with van der Waals surface area (Å²) in [4.78, 5) is 16.5. The Morgan fingerprint density at radius 3 is 2.75 bits per heavy atom. The van der Waals surface area contributed by atoms with Gasteiger partial charge in [0.15, 0.2) is 10.2 Å². The normalized spacial score (nSPS) is 10.6. The topological polar surface area (TPSA) is 74.2 Å². The van der Waals surface area contributed by atoms with E-state index in [1.807, 2.05) is 0 Å². The monoisotopic (exact) mass is 397 g/mol. The van der Waals surface area contributed by atoms with Gasteiger partial charge in [0.2, 0.25) is 0 Å². The number of nitrogens with zero attached hydrogens (tertiary/aromatic N) is 1. The van der Waals surface area contributed by atoms with E-state index in [9.17, 15) is 9.90 Å². The largest absolute Gasteiger partial charge is 0.508 e. The average Bonchev–Trinajstić information content (AvgIpc) is 2.87. The van der Waals surface area contributed by atoms with Gasteiger partial charge in [-0.05, 0) is 48.6 Å². The molecule has 0 unspecified atom stereocenters. The summed E-state index contributed by atoms with van der Waals surface area (Å²) in [6, 6.07) is 9.42. The SMILES string of the molecule is O=C(NC(=S)Nc1nc2ccc(O)cc2s1)c1ccc(Cl)cc1Cl. The van der Waals surface area contributed by atoms with Crippen molar-refractivity contribution in [1.29, 1.82) is 0 Å². The Balaban J connectivity index is 1.71. The van der Waals surface area contributed by atoms with Crippen molar-refractivity contribution in [3.8, 4) is 5.75 Å². The summed E-state index contributed by atoms with van der Waals surface area (Å²) in [6.45, 7) is 0. The Morgan fingerprint density at radius 2 is 2.00 bits per heavy atom. The highest BCUT2D eigenvalue weighted by molar-refractivity contribution is 7.80. The number of thiazole rings is 1. The van der Waals surface area contributed by atoms with Crippen molar-refractivity contribution in [2.24, 2.45) is 0 Å². The number of fused-ring (bicyclic) bond motifs is 1. The molecule has 0 aliphatic heterocycles. The van der Waals surface area contributed by atoms with E-state index >= 15 is 0 Å². The number of phenols is 1. The highest BCUT2D eigenvalue weighted by Crippen LogP contribution is 2.28. The third-order valence-corrected chi connectivity index (χ3v) is 4.68. The second kappa shape index (κ2) is 6.90. The molecular formula is C15H9Cl2N3O2S2. The lowest BCUT2D eigenvalue weighted by Gasteiger charge is -2.08. The van der Waals surface area contributed by atoms with Crippen molar-refractivity contribution in [1.82, 2.24) is 10.3 Å². The van der Waals surface area contributed by atoms with Gasteiger partial charge in [-0.2, -0.15) is 0 Å². The first-order valence-electron chi connectivity index (χ1n) is 6.59. The highest BCUT2D eigenvalue weighted by atomic mass is 35.5. The van der Waals surface area contributed by atoms with Gasteiger partial charge in [0.25, 0.3) is 5.91 Å². The molecule has 0 aliphatic rings. The van der Waals surface area contributed by atoms with Gasteiger partial charge in [0.1, 0.15) is 5.75 Å². The molecule has 0 atom stereocenters. The van der Waals surface area contributed by atoms with Crippen LogP contribution >= 0.6 is 46.8 Å². The molecule has 0 fully saturated rings. The Kier molecular flexibility index (Phi) is 4.86. The molecule has 0 radical (unpaired) electrons. The van der Waals surface area contributed by atoms with Gasteiger partial charge in [0, 0.05) is 5.02 Å². The minimum Gasteiger partial charge on any atom is -0.508 e. The predicted molar refractivity (Wildman–Crippen MR) is 101 cm³/mol. The van der Waals surface area contributed by atoms with Gasteiger partial charge < -0.3 is 10.4 Å². The van der Waals surface area contributed by atoms with E-state index < -0.39 is 5.91 Å². The van der Waals surface area contributed by atoms with Crippen LogP contribution in [0.25, 0.3) is 10.2 Å². The average molecular weight is 398 g/mol. The zero-order chi connectivity index (χ0) is 17.3. The number of benzene rings is 2. The summed E-state index contributed by atoms with van der Waals surface area (Å²) in [6.07, 6.45) is 0. The molecule has 2 aromatic carbocycles. The summed E-state index contributed by atoms with van der Waals surface area (Å²) < 4.78 is 0.798. The van der Waals surface area contributed by atoms with Gasteiger partial charge in [-0.15, -0.1) is 0 Å². The van der Waals surface area contributed by atoms with E-state index in [0.717, 1.165) is 10.2 Å². The maximum Gasteiger partial charge on any atom is 0.258 e. The molecule has 1 amide bonds. The number of thiocarbonyl (C=S) groups is 1. The van der Waals surface area contributed by atoms with Crippen molar-refractivity contribution in [3.63, 3.8) is 0 Å². The number of anilines is 1. The van der Waals surface area contributed by atoms with Gasteiger partial charge >= 0.3 is 0 Å². The number of hydrogen-bond donors (Lipinski definition) is 3. The van der Waals surface area contributed by atoms with Gasteiger partial charge in [-0.3, -0.25) is 10.1 Å². The first kappa shape index (κ1) is 16.9. The summed E-state index contributed by atoms with van der Waals surface area (Å²) >= 11 is 18.2. The van der Waals surface area contributed by atoms with Crippen LogP contribution in [-0.4, -0.2) is 21.1 Å². The number of rotatable bonds is 2. The minimum absolute atomic E-state index is 0.0919. The van der Waals surface area contributed by atoms with Crippen molar-refractivity contribution in [2.45, 2.75) is 0 Å². The van der Waals surface area contributed by atoms with Crippen LogP contribution in [0.15, 0.2) is 36.4 Å². The van der Waals surface area contributed by atoms with Crippen LogP contribution < -0.4 is 10.6 Å². The molecule has 1 aromatic heterocycles. The molecule has 1 heterocycles. The quantitative estimate of drug-likeness (QED) is 0.557. The first-order chi connectivity index (χ1) is 11.4. The molecule has 3 rings (SSSR count). The molecule has 122 valence electrons.